The maximum Gasteiger partial charge on any atom is 0.227 e. The lowest BCUT2D eigenvalue weighted by molar-refractivity contribution is -0.116. The Kier molecular flexibility index (Phi) is 4.72. The highest BCUT2D eigenvalue weighted by molar-refractivity contribution is 6.64. The van der Waals surface area contributed by atoms with E-state index in [0.717, 1.165) is 0 Å². The van der Waals surface area contributed by atoms with Crippen LogP contribution in [0.5, 0.6) is 0 Å². The molecule has 0 aliphatic rings. The van der Waals surface area contributed by atoms with Gasteiger partial charge in [0.15, 0.2) is 0 Å². The molecule has 0 amide bonds. The molecule has 0 aromatic heterocycles. The van der Waals surface area contributed by atoms with Gasteiger partial charge >= 0.3 is 0 Å². The molecule has 0 N–H and O–H groups in total. The summed E-state index contributed by atoms with van der Waals surface area (Å²) in [6, 6.07) is 6.32. The molecule has 15 heavy (non-hydrogen) atoms. The molecule has 1 rings (SSSR count). The van der Waals surface area contributed by atoms with Crippen molar-refractivity contribution in [2.24, 2.45) is 5.92 Å². The van der Waals surface area contributed by atoms with E-state index in [9.17, 15) is 9.18 Å². The Balaban J connectivity index is 2.74. The molecule has 0 saturated heterocycles. The van der Waals surface area contributed by atoms with Gasteiger partial charge in [-0.25, -0.2) is 4.39 Å². The maximum absolute atomic E-state index is 13.3. The van der Waals surface area contributed by atoms with Crippen LogP contribution in [0.4, 0.5) is 4.39 Å². The first-order valence-corrected chi connectivity index (χ1v) is 4.94. The lowest BCUT2D eigenvalue weighted by Gasteiger charge is -2.11. The first kappa shape index (κ1) is 12.1. The molecule has 0 heterocycles. The highest BCUT2D eigenvalue weighted by atomic mass is 35.5. The summed E-state index contributed by atoms with van der Waals surface area (Å²) in [4.78, 5) is 11.0. The average Bonchev–Trinajstić information content (AvgIpc) is 2.20. The number of methoxy groups -OCH3 is 1. The maximum atomic E-state index is 13.3. The molecule has 0 saturated carbocycles. The van der Waals surface area contributed by atoms with Crippen molar-refractivity contribution in [1.29, 1.82) is 0 Å². The number of carbonyl (C=O) groups excluding carboxylic acids is 1. The Morgan fingerprint density at radius 2 is 2.20 bits per heavy atom. The van der Waals surface area contributed by atoms with E-state index in [1.54, 1.807) is 18.2 Å². The van der Waals surface area contributed by atoms with E-state index >= 15 is 0 Å². The predicted molar refractivity (Wildman–Crippen MR) is 56.3 cm³/mol. The van der Waals surface area contributed by atoms with E-state index in [0.29, 0.717) is 5.56 Å². The Morgan fingerprint density at radius 1 is 1.53 bits per heavy atom. The molecule has 1 aromatic rings. The van der Waals surface area contributed by atoms with E-state index in [4.69, 9.17) is 16.3 Å². The molecule has 1 atom stereocenters. The standard InChI is InChI=1S/C11H12ClFO2/c1-15-7-9(11(12)14)6-8-4-2-3-5-10(8)13/h2-5,9H,6-7H2,1H3. The fourth-order valence-corrected chi connectivity index (χ4v) is 1.48. The first-order chi connectivity index (χ1) is 7.15. The topological polar surface area (TPSA) is 26.3 Å². The summed E-state index contributed by atoms with van der Waals surface area (Å²) < 4.78 is 18.1. The van der Waals surface area contributed by atoms with Gasteiger partial charge in [-0.05, 0) is 29.7 Å². The third-order valence-corrected chi connectivity index (χ3v) is 2.42. The molecular formula is C11H12ClFO2. The predicted octanol–water partition coefficient (Wildman–Crippen LogP) is 2.40. The van der Waals surface area contributed by atoms with Crippen molar-refractivity contribution in [3.8, 4) is 0 Å². The Labute approximate surface area is 93.0 Å². The highest BCUT2D eigenvalue weighted by Gasteiger charge is 2.18. The van der Waals surface area contributed by atoms with Crippen molar-refractivity contribution in [3.05, 3.63) is 35.6 Å². The quantitative estimate of drug-likeness (QED) is 0.726. The SMILES string of the molecule is COCC(Cc1ccccc1F)C(=O)Cl. The second-order valence-electron chi connectivity index (χ2n) is 3.25. The van der Waals surface area contributed by atoms with Crippen molar-refractivity contribution in [2.45, 2.75) is 6.42 Å². The molecular weight excluding hydrogens is 219 g/mol. The van der Waals surface area contributed by atoms with Crippen molar-refractivity contribution < 1.29 is 13.9 Å². The van der Waals surface area contributed by atoms with Gasteiger partial charge in [-0.2, -0.15) is 0 Å². The van der Waals surface area contributed by atoms with Gasteiger partial charge in [-0.1, -0.05) is 18.2 Å². The first-order valence-electron chi connectivity index (χ1n) is 4.57. The lowest BCUT2D eigenvalue weighted by Crippen LogP contribution is -2.18. The van der Waals surface area contributed by atoms with Crippen LogP contribution in [-0.4, -0.2) is 19.0 Å². The van der Waals surface area contributed by atoms with E-state index in [2.05, 4.69) is 0 Å². The van der Waals surface area contributed by atoms with Gasteiger partial charge in [0.1, 0.15) is 5.82 Å². The molecule has 0 radical (unpaired) electrons. The third-order valence-electron chi connectivity index (χ3n) is 2.11. The van der Waals surface area contributed by atoms with Crippen LogP contribution in [0.15, 0.2) is 24.3 Å². The van der Waals surface area contributed by atoms with Crippen LogP contribution < -0.4 is 0 Å². The summed E-state index contributed by atoms with van der Waals surface area (Å²) in [5, 5.41) is -0.500. The molecule has 1 unspecified atom stereocenters. The van der Waals surface area contributed by atoms with Crippen LogP contribution in [0.1, 0.15) is 5.56 Å². The molecule has 0 aliphatic carbocycles. The molecule has 0 spiro atoms. The van der Waals surface area contributed by atoms with Crippen LogP contribution in [-0.2, 0) is 16.0 Å². The van der Waals surface area contributed by atoms with Crippen LogP contribution in [0, 0.1) is 11.7 Å². The monoisotopic (exact) mass is 230 g/mol. The second kappa shape index (κ2) is 5.83. The Morgan fingerprint density at radius 3 is 2.73 bits per heavy atom. The minimum atomic E-state index is -0.500. The second-order valence-corrected chi connectivity index (χ2v) is 3.62. The van der Waals surface area contributed by atoms with Gasteiger partial charge in [0.25, 0.3) is 0 Å². The van der Waals surface area contributed by atoms with Gasteiger partial charge in [-0.15, -0.1) is 0 Å². The molecule has 1 aromatic carbocycles. The summed E-state index contributed by atoms with van der Waals surface area (Å²) in [5.74, 6) is -0.815. The summed E-state index contributed by atoms with van der Waals surface area (Å²) in [6.07, 6.45) is 0.267. The fraction of sp³-hybridized carbons (Fsp3) is 0.364. The Hall–Kier alpha value is -0.930. The fourth-order valence-electron chi connectivity index (χ4n) is 1.34. The molecule has 2 nitrogen and oxygen atoms in total. The van der Waals surface area contributed by atoms with Crippen LogP contribution in [0.3, 0.4) is 0 Å². The third kappa shape index (κ3) is 3.61. The molecule has 0 fully saturated rings. The zero-order valence-electron chi connectivity index (χ0n) is 8.37. The van der Waals surface area contributed by atoms with E-state index in [-0.39, 0.29) is 18.8 Å². The van der Waals surface area contributed by atoms with Gasteiger partial charge in [0, 0.05) is 7.11 Å². The van der Waals surface area contributed by atoms with E-state index in [1.807, 2.05) is 0 Å². The number of hydrogen-bond acceptors (Lipinski definition) is 2. The van der Waals surface area contributed by atoms with Crippen molar-refractivity contribution in [3.63, 3.8) is 0 Å². The van der Waals surface area contributed by atoms with Crippen LogP contribution in [0.25, 0.3) is 0 Å². The summed E-state index contributed by atoms with van der Waals surface area (Å²) >= 11 is 5.38. The number of halogens is 2. The summed E-state index contributed by atoms with van der Waals surface area (Å²) in [5.41, 5.74) is 0.480. The number of rotatable bonds is 5. The van der Waals surface area contributed by atoms with Crippen LogP contribution in [0.2, 0.25) is 0 Å². The van der Waals surface area contributed by atoms with Crippen LogP contribution >= 0.6 is 11.6 Å². The largest absolute Gasteiger partial charge is 0.384 e. The molecule has 82 valence electrons. The lowest BCUT2D eigenvalue weighted by atomic mass is 10.0. The van der Waals surface area contributed by atoms with Crippen molar-refractivity contribution >= 4 is 16.8 Å². The number of ether oxygens (including phenoxy) is 1. The molecule has 0 bridgehead atoms. The zero-order chi connectivity index (χ0) is 11.3. The zero-order valence-corrected chi connectivity index (χ0v) is 9.13. The minimum absolute atomic E-state index is 0.205. The van der Waals surface area contributed by atoms with Gasteiger partial charge in [0.2, 0.25) is 5.24 Å². The van der Waals surface area contributed by atoms with E-state index in [1.165, 1.54) is 13.2 Å². The summed E-state index contributed by atoms with van der Waals surface area (Å²) in [6.45, 7) is 0.205. The average molecular weight is 231 g/mol. The van der Waals surface area contributed by atoms with Gasteiger partial charge in [0.05, 0.1) is 12.5 Å². The van der Waals surface area contributed by atoms with Crippen molar-refractivity contribution in [2.75, 3.05) is 13.7 Å². The number of hydrogen-bond donors (Lipinski definition) is 0. The van der Waals surface area contributed by atoms with Gasteiger partial charge < -0.3 is 4.74 Å². The molecule has 4 heteroatoms. The summed E-state index contributed by atoms with van der Waals surface area (Å²) in [7, 11) is 1.48. The molecule has 0 aliphatic heterocycles. The van der Waals surface area contributed by atoms with Crippen molar-refractivity contribution in [1.82, 2.24) is 0 Å². The van der Waals surface area contributed by atoms with E-state index < -0.39 is 11.2 Å². The smallest absolute Gasteiger partial charge is 0.227 e. The minimum Gasteiger partial charge on any atom is -0.384 e. The van der Waals surface area contributed by atoms with Gasteiger partial charge in [-0.3, -0.25) is 4.79 Å². The number of carbonyl (C=O) groups is 1. The Bertz CT molecular complexity index is 341. The number of benzene rings is 1. The normalized spacial score (nSPS) is 12.5. The highest BCUT2D eigenvalue weighted by Crippen LogP contribution is 2.15.